The molecule has 100 valence electrons. The average Bonchev–Trinajstić information content (AvgIpc) is 2.75. The summed E-state index contributed by atoms with van der Waals surface area (Å²) in [6.45, 7) is 3.93. The van der Waals surface area contributed by atoms with Crippen molar-refractivity contribution in [2.75, 3.05) is 11.1 Å². The third-order valence-electron chi connectivity index (χ3n) is 3.04. The van der Waals surface area contributed by atoms with Crippen molar-refractivity contribution < 1.29 is 4.79 Å². The molecule has 3 N–H and O–H groups in total. The first kappa shape index (κ1) is 13.1. The van der Waals surface area contributed by atoms with E-state index in [1.54, 1.807) is 23.9 Å². The van der Waals surface area contributed by atoms with Crippen molar-refractivity contribution in [1.29, 1.82) is 0 Å². The van der Waals surface area contributed by atoms with Crippen LogP contribution in [0.25, 0.3) is 0 Å². The summed E-state index contributed by atoms with van der Waals surface area (Å²) in [5, 5.41) is 7.13. The number of nitrogens with zero attached hydrogens (tertiary/aromatic N) is 2. The lowest BCUT2D eigenvalue weighted by Gasteiger charge is -2.09. The molecule has 5 heteroatoms. The summed E-state index contributed by atoms with van der Waals surface area (Å²) in [6, 6.07) is 7.25. The predicted molar refractivity (Wildman–Crippen MR) is 76.1 cm³/mol. The molecule has 0 atom stereocenters. The van der Waals surface area contributed by atoms with Crippen LogP contribution in [0.15, 0.2) is 24.3 Å². The van der Waals surface area contributed by atoms with Gasteiger partial charge in [-0.3, -0.25) is 9.48 Å². The van der Waals surface area contributed by atoms with Gasteiger partial charge in [-0.2, -0.15) is 5.10 Å². The van der Waals surface area contributed by atoms with Gasteiger partial charge in [0.1, 0.15) is 5.69 Å². The van der Waals surface area contributed by atoms with Gasteiger partial charge >= 0.3 is 0 Å². The Hall–Kier alpha value is -2.30. The molecule has 0 bridgehead atoms. The van der Waals surface area contributed by atoms with Crippen LogP contribution >= 0.6 is 0 Å². The first-order valence-corrected chi connectivity index (χ1v) is 6.21. The zero-order chi connectivity index (χ0) is 14.0. The highest BCUT2D eigenvalue weighted by Gasteiger charge is 2.13. The van der Waals surface area contributed by atoms with Crippen molar-refractivity contribution in [2.24, 2.45) is 7.05 Å². The van der Waals surface area contributed by atoms with Gasteiger partial charge in [0.25, 0.3) is 5.91 Å². The molecule has 1 aromatic carbocycles. The first-order valence-electron chi connectivity index (χ1n) is 6.21. The highest BCUT2D eigenvalue weighted by Crippen LogP contribution is 2.19. The number of hydrogen-bond donors (Lipinski definition) is 2. The fourth-order valence-corrected chi connectivity index (χ4v) is 1.87. The maximum Gasteiger partial charge on any atom is 0.273 e. The largest absolute Gasteiger partial charge is 0.399 e. The zero-order valence-corrected chi connectivity index (χ0v) is 11.4. The number of anilines is 2. The Balaban J connectivity index is 2.25. The van der Waals surface area contributed by atoms with Gasteiger partial charge in [-0.05, 0) is 37.1 Å². The summed E-state index contributed by atoms with van der Waals surface area (Å²) in [7, 11) is 1.76. The standard InChI is InChI=1S/C14H18N4O/c1-4-11-8-13(18(3)17-11)14(19)16-12-7-10(15)6-5-9(12)2/h5-8H,4,15H2,1-3H3,(H,16,19). The van der Waals surface area contributed by atoms with E-state index < -0.39 is 0 Å². The monoisotopic (exact) mass is 258 g/mol. The van der Waals surface area contributed by atoms with E-state index in [1.165, 1.54) is 0 Å². The summed E-state index contributed by atoms with van der Waals surface area (Å²) in [5.74, 6) is -0.177. The van der Waals surface area contributed by atoms with Crippen LogP contribution < -0.4 is 11.1 Å². The van der Waals surface area contributed by atoms with E-state index in [4.69, 9.17) is 5.73 Å². The Morgan fingerprint density at radius 2 is 2.16 bits per heavy atom. The first-order chi connectivity index (χ1) is 9.01. The Labute approximate surface area is 112 Å². The highest BCUT2D eigenvalue weighted by atomic mass is 16.2. The van der Waals surface area contributed by atoms with Crippen LogP contribution in [0, 0.1) is 6.92 Å². The summed E-state index contributed by atoms with van der Waals surface area (Å²) in [6.07, 6.45) is 0.804. The summed E-state index contributed by atoms with van der Waals surface area (Å²) in [5.41, 5.74) is 9.49. The number of aryl methyl sites for hydroxylation is 3. The number of carbonyl (C=O) groups is 1. The lowest BCUT2D eigenvalue weighted by atomic mass is 10.2. The molecule has 2 rings (SSSR count). The molecule has 0 aliphatic rings. The molecule has 2 aromatic rings. The van der Waals surface area contributed by atoms with Crippen LogP contribution in [0.4, 0.5) is 11.4 Å². The number of rotatable bonds is 3. The zero-order valence-electron chi connectivity index (χ0n) is 11.4. The van der Waals surface area contributed by atoms with Crippen LogP contribution in [-0.2, 0) is 13.5 Å². The second-order valence-electron chi connectivity index (χ2n) is 4.53. The van der Waals surface area contributed by atoms with Crippen molar-refractivity contribution in [1.82, 2.24) is 9.78 Å². The highest BCUT2D eigenvalue weighted by molar-refractivity contribution is 6.03. The van der Waals surface area contributed by atoms with E-state index in [9.17, 15) is 4.79 Å². The van der Waals surface area contributed by atoms with Gasteiger partial charge in [-0.15, -0.1) is 0 Å². The number of hydrogen-bond acceptors (Lipinski definition) is 3. The Kier molecular flexibility index (Phi) is 3.55. The molecule has 0 fully saturated rings. The fraction of sp³-hybridized carbons (Fsp3) is 0.286. The van der Waals surface area contributed by atoms with E-state index in [1.807, 2.05) is 26.0 Å². The maximum absolute atomic E-state index is 12.2. The number of aromatic nitrogens is 2. The number of nitrogens with two attached hydrogens (primary N) is 1. The van der Waals surface area contributed by atoms with E-state index >= 15 is 0 Å². The van der Waals surface area contributed by atoms with E-state index in [0.717, 1.165) is 23.4 Å². The Morgan fingerprint density at radius 3 is 2.79 bits per heavy atom. The lowest BCUT2D eigenvalue weighted by molar-refractivity contribution is 0.101. The number of amides is 1. The SMILES string of the molecule is CCc1cc(C(=O)Nc2cc(N)ccc2C)n(C)n1. The van der Waals surface area contributed by atoms with Crippen LogP contribution in [0.3, 0.4) is 0 Å². The van der Waals surface area contributed by atoms with Crippen LogP contribution in [0.5, 0.6) is 0 Å². The third-order valence-corrected chi connectivity index (χ3v) is 3.04. The molecule has 0 aliphatic carbocycles. The number of nitrogens with one attached hydrogen (secondary N) is 1. The summed E-state index contributed by atoms with van der Waals surface area (Å²) >= 11 is 0. The molecule has 0 radical (unpaired) electrons. The molecule has 0 unspecified atom stereocenters. The number of nitrogen functional groups attached to an aromatic ring is 1. The smallest absolute Gasteiger partial charge is 0.273 e. The van der Waals surface area contributed by atoms with Gasteiger partial charge in [-0.1, -0.05) is 13.0 Å². The molecule has 0 spiro atoms. The second kappa shape index (κ2) is 5.14. The Morgan fingerprint density at radius 1 is 1.42 bits per heavy atom. The van der Waals surface area contributed by atoms with Gasteiger partial charge in [0.2, 0.25) is 0 Å². The Bertz CT molecular complexity index is 616. The van der Waals surface area contributed by atoms with Crippen molar-refractivity contribution in [3.8, 4) is 0 Å². The summed E-state index contributed by atoms with van der Waals surface area (Å²) in [4.78, 5) is 12.2. The second-order valence-corrected chi connectivity index (χ2v) is 4.53. The molecule has 0 aliphatic heterocycles. The normalized spacial score (nSPS) is 10.5. The number of benzene rings is 1. The molecule has 1 aromatic heterocycles. The average molecular weight is 258 g/mol. The molecular weight excluding hydrogens is 240 g/mol. The van der Waals surface area contributed by atoms with Gasteiger partial charge < -0.3 is 11.1 Å². The van der Waals surface area contributed by atoms with E-state index in [2.05, 4.69) is 10.4 Å². The maximum atomic E-state index is 12.2. The predicted octanol–water partition coefficient (Wildman–Crippen LogP) is 2.13. The third kappa shape index (κ3) is 2.76. The van der Waals surface area contributed by atoms with Crippen molar-refractivity contribution >= 4 is 17.3 Å². The van der Waals surface area contributed by atoms with Crippen molar-refractivity contribution in [2.45, 2.75) is 20.3 Å². The molecule has 19 heavy (non-hydrogen) atoms. The van der Waals surface area contributed by atoms with E-state index in [-0.39, 0.29) is 5.91 Å². The molecule has 0 saturated heterocycles. The fourth-order valence-electron chi connectivity index (χ4n) is 1.87. The van der Waals surface area contributed by atoms with Crippen LogP contribution in [-0.4, -0.2) is 15.7 Å². The molecule has 1 heterocycles. The molecule has 5 nitrogen and oxygen atoms in total. The molecule has 0 saturated carbocycles. The van der Waals surface area contributed by atoms with Crippen LogP contribution in [0.1, 0.15) is 28.7 Å². The quantitative estimate of drug-likeness (QED) is 0.828. The van der Waals surface area contributed by atoms with Gasteiger partial charge in [0, 0.05) is 18.4 Å². The van der Waals surface area contributed by atoms with Gasteiger partial charge in [0.15, 0.2) is 0 Å². The van der Waals surface area contributed by atoms with Crippen molar-refractivity contribution in [3.63, 3.8) is 0 Å². The van der Waals surface area contributed by atoms with Crippen LogP contribution in [0.2, 0.25) is 0 Å². The van der Waals surface area contributed by atoms with Gasteiger partial charge in [0.05, 0.1) is 5.69 Å². The summed E-state index contributed by atoms with van der Waals surface area (Å²) < 4.78 is 1.59. The topological polar surface area (TPSA) is 72.9 Å². The lowest BCUT2D eigenvalue weighted by Crippen LogP contribution is -2.16. The van der Waals surface area contributed by atoms with Gasteiger partial charge in [-0.25, -0.2) is 0 Å². The molecular formula is C14H18N4O. The van der Waals surface area contributed by atoms with E-state index in [0.29, 0.717) is 11.4 Å². The minimum atomic E-state index is -0.177. The van der Waals surface area contributed by atoms with Crippen molar-refractivity contribution in [3.05, 3.63) is 41.2 Å². The minimum Gasteiger partial charge on any atom is -0.399 e. The number of carbonyl (C=O) groups excluding carboxylic acids is 1. The molecule has 1 amide bonds. The minimum absolute atomic E-state index is 0.177.